The lowest BCUT2D eigenvalue weighted by molar-refractivity contribution is -0.385. The number of aromatic nitrogens is 4. The van der Waals surface area contributed by atoms with Crippen molar-refractivity contribution in [2.75, 3.05) is 50.1 Å². The average Bonchev–Trinajstić information content (AvgIpc) is 3.65. The maximum absolute atomic E-state index is 12.4. The van der Waals surface area contributed by atoms with Crippen molar-refractivity contribution < 1.29 is 23.7 Å². The number of ether oxygens (including phenoxy) is 2. The van der Waals surface area contributed by atoms with Crippen LogP contribution in [0.3, 0.4) is 0 Å². The number of benzene rings is 2. The van der Waals surface area contributed by atoms with E-state index in [1.807, 2.05) is 20.8 Å². The number of rotatable bonds is 9. The highest BCUT2D eigenvalue weighted by Crippen LogP contribution is 2.30. The van der Waals surface area contributed by atoms with Gasteiger partial charge in [-0.05, 0) is 24.3 Å². The van der Waals surface area contributed by atoms with Gasteiger partial charge in [0.1, 0.15) is 18.1 Å². The summed E-state index contributed by atoms with van der Waals surface area (Å²) in [5.74, 6) is 1.18. The first kappa shape index (κ1) is 28.7. The van der Waals surface area contributed by atoms with Gasteiger partial charge in [0.25, 0.3) is 0 Å². The van der Waals surface area contributed by atoms with Gasteiger partial charge in [0.2, 0.25) is 0 Å². The zero-order valence-electron chi connectivity index (χ0n) is 23.6. The van der Waals surface area contributed by atoms with E-state index in [1.165, 1.54) is 10.7 Å². The van der Waals surface area contributed by atoms with Crippen LogP contribution < -0.4 is 15.4 Å². The third kappa shape index (κ3) is 7.08. The third-order valence-electron chi connectivity index (χ3n) is 6.60. The fourth-order valence-electron chi connectivity index (χ4n) is 4.24. The number of nitro groups is 1. The van der Waals surface area contributed by atoms with Crippen molar-refractivity contribution in [2.24, 2.45) is 0 Å². The Kier molecular flexibility index (Phi) is 8.45. The maximum Gasteiger partial charge on any atom is 0.324 e. The zero-order valence-corrected chi connectivity index (χ0v) is 23.6. The van der Waals surface area contributed by atoms with E-state index >= 15 is 0 Å². The van der Waals surface area contributed by atoms with Crippen LogP contribution in [0.15, 0.2) is 59.3 Å². The highest BCUT2D eigenvalue weighted by molar-refractivity contribution is 5.99. The summed E-state index contributed by atoms with van der Waals surface area (Å²) in [4.78, 5) is 25.9. The molecular formula is C28H32N8O6. The Morgan fingerprint density at radius 2 is 1.86 bits per heavy atom. The van der Waals surface area contributed by atoms with Crippen molar-refractivity contribution in [3.8, 4) is 22.7 Å². The van der Waals surface area contributed by atoms with E-state index in [4.69, 9.17) is 14.0 Å². The maximum atomic E-state index is 12.4. The van der Waals surface area contributed by atoms with Crippen LogP contribution in [0.5, 0.6) is 5.75 Å². The van der Waals surface area contributed by atoms with Crippen LogP contribution in [0, 0.1) is 10.1 Å². The summed E-state index contributed by atoms with van der Waals surface area (Å²) in [5, 5.41) is 29.4. The highest BCUT2D eigenvalue weighted by atomic mass is 16.6. The first-order valence-electron chi connectivity index (χ1n) is 13.5. The molecule has 2 aromatic heterocycles. The Labute approximate surface area is 241 Å². The van der Waals surface area contributed by atoms with E-state index in [9.17, 15) is 14.9 Å². The van der Waals surface area contributed by atoms with Gasteiger partial charge in [0.05, 0.1) is 30.0 Å². The molecule has 0 bridgehead atoms. The fraction of sp³-hybridized carbons (Fsp3) is 0.357. The van der Waals surface area contributed by atoms with Crippen LogP contribution in [0.25, 0.3) is 16.9 Å². The van der Waals surface area contributed by atoms with Gasteiger partial charge in [-0.2, -0.15) is 0 Å². The standard InChI is InChI=1S/C28H32N8O6/c1-28(2,3)25-17-26(32-42-25)30-27(37)29-20-6-4-19(5-7-20)22-18-35(33-31-22)21-8-9-24(23(16-21)36(38)39)41-15-12-34-10-13-40-14-11-34/h4-9,16-18H,10-15H2,1-3H3,(H2,29,30,32,37). The molecular weight excluding hydrogens is 544 g/mol. The lowest BCUT2D eigenvalue weighted by Crippen LogP contribution is -2.38. The lowest BCUT2D eigenvalue weighted by Gasteiger charge is -2.26. The largest absolute Gasteiger partial charge is 0.485 e. The predicted molar refractivity (Wildman–Crippen MR) is 154 cm³/mol. The van der Waals surface area contributed by atoms with E-state index in [0.717, 1.165) is 18.7 Å². The topological polar surface area (TPSA) is 163 Å². The molecule has 2 amide bonds. The number of carbonyl (C=O) groups is 1. The Hall–Kier alpha value is -4.82. The van der Waals surface area contributed by atoms with Crippen LogP contribution in [0.1, 0.15) is 26.5 Å². The number of hydrogen-bond acceptors (Lipinski definition) is 10. The summed E-state index contributed by atoms with van der Waals surface area (Å²) in [5.41, 5.74) is 1.95. The van der Waals surface area contributed by atoms with Crippen molar-refractivity contribution >= 4 is 23.2 Å². The van der Waals surface area contributed by atoms with Crippen molar-refractivity contribution in [1.82, 2.24) is 25.1 Å². The molecule has 1 saturated heterocycles. The lowest BCUT2D eigenvalue weighted by atomic mass is 9.93. The smallest absolute Gasteiger partial charge is 0.324 e. The van der Waals surface area contributed by atoms with Crippen molar-refractivity contribution in [3.63, 3.8) is 0 Å². The molecule has 4 aromatic rings. The first-order valence-corrected chi connectivity index (χ1v) is 13.5. The molecule has 2 aromatic carbocycles. The molecule has 0 atom stereocenters. The number of hydrogen-bond donors (Lipinski definition) is 2. The van der Waals surface area contributed by atoms with Gasteiger partial charge in [0, 0.05) is 48.4 Å². The number of carbonyl (C=O) groups excluding carboxylic acids is 1. The first-order chi connectivity index (χ1) is 20.2. The number of amides is 2. The summed E-state index contributed by atoms with van der Waals surface area (Å²) >= 11 is 0. The van der Waals surface area contributed by atoms with Crippen LogP contribution in [0.4, 0.5) is 22.0 Å². The molecule has 1 fully saturated rings. The summed E-state index contributed by atoms with van der Waals surface area (Å²) in [7, 11) is 0. The predicted octanol–water partition coefficient (Wildman–Crippen LogP) is 4.48. The molecule has 1 aliphatic rings. The number of anilines is 2. The minimum absolute atomic E-state index is 0.152. The minimum Gasteiger partial charge on any atom is -0.485 e. The van der Waals surface area contributed by atoms with Crippen LogP contribution in [-0.2, 0) is 10.2 Å². The van der Waals surface area contributed by atoms with Crippen LogP contribution >= 0.6 is 0 Å². The van der Waals surface area contributed by atoms with E-state index < -0.39 is 11.0 Å². The molecule has 0 spiro atoms. The summed E-state index contributed by atoms with van der Waals surface area (Å²) in [6.45, 7) is 9.94. The molecule has 14 heteroatoms. The van der Waals surface area contributed by atoms with Gasteiger partial charge in [0.15, 0.2) is 11.6 Å². The van der Waals surface area contributed by atoms with E-state index in [0.29, 0.717) is 55.0 Å². The molecule has 3 heterocycles. The molecule has 1 aliphatic heterocycles. The summed E-state index contributed by atoms with van der Waals surface area (Å²) in [6.07, 6.45) is 1.67. The quantitative estimate of drug-likeness (QED) is 0.214. The minimum atomic E-state index is -0.473. The molecule has 2 N–H and O–H groups in total. The van der Waals surface area contributed by atoms with Gasteiger partial charge in [-0.15, -0.1) is 5.10 Å². The third-order valence-corrected chi connectivity index (χ3v) is 6.60. The van der Waals surface area contributed by atoms with Gasteiger partial charge >= 0.3 is 11.7 Å². The van der Waals surface area contributed by atoms with Crippen LogP contribution in [-0.4, -0.2) is 75.5 Å². The monoisotopic (exact) mass is 576 g/mol. The van der Waals surface area contributed by atoms with E-state index in [-0.39, 0.29) is 16.9 Å². The van der Waals surface area contributed by atoms with E-state index in [1.54, 1.807) is 48.7 Å². The molecule has 42 heavy (non-hydrogen) atoms. The molecule has 0 saturated carbocycles. The van der Waals surface area contributed by atoms with Crippen molar-refractivity contribution in [3.05, 3.63) is 70.6 Å². The second-order valence-corrected chi connectivity index (χ2v) is 10.7. The molecule has 220 valence electrons. The van der Waals surface area contributed by atoms with Gasteiger partial charge in [-0.25, -0.2) is 9.48 Å². The molecule has 0 aliphatic carbocycles. The second-order valence-electron chi connectivity index (χ2n) is 10.7. The number of urea groups is 1. The normalized spacial score (nSPS) is 14.0. The van der Waals surface area contributed by atoms with Crippen LogP contribution in [0.2, 0.25) is 0 Å². The number of nitro benzene ring substituents is 1. The number of morpholine rings is 1. The Morgan fingerprint density at radius 1 is 1.10 bits per heavy atom. The highest BCUT2D eigenvalue weighted by Gasteiger charge is 2.21. The SMILES string of the molecule is CC(C)(C)c1cc(NC(=O)Nc2ccc(-c3cn(-c4ccc(OCCN5CCOCC5)c([N+](=O)[O-])c4)nn3)cc2)no1. The average molecular weight is 577 g/mol. The van der Waals surface area contributed by atoms with Crippen molar-refractivity contribution in [1.29, 1.82) is 0 Å². The fourth-order valence-corrected chi connectivity index (χ4v) is 4.24. The molecule has 0 unspecified atom stereocenters. The second kappa shape index (κ2) is 12.4. The van der Waals surface area contributed by atoms with Gasteiger partial charge < -0.3 is 19.3 Å². The zero-order chi connectivity index (χ0) is 29.7. The number of nitrogens with one attached hydrogen (secondary N) is 2. The van der Waals surface area contributed by atoms with Gasteiger partial charge in [-0.3, -0.25) is 20.3 Å². The Balaban J connectivity index is 1.20. The molecule has 0 radical (unpaired) electrons. The van der Waals surface area contributed by atoms with Gasteiger partial charge in [-0.1, -0.05) is 43.3 Å². The Morgan fingerprint density at radius 3 is 2.55 bits per heavy atom. The Bertz CT molecular complexity index is 1540. The molecule has 5 rings (SSSR count). The summed E-state index contributed by atoms with van der Waals surface area (Å²) in [6, 6.07) is 12.9. The van der Waals surface area contributed by atoms with E-state index in [2.05, 4.69) is 31.0 Å². The molecule has 14 nitrogen and oxygen atoms in total. The number of nitrogens with zero attached hydrogens (tertiary/aromatic N) is 6. The summed E-state index contributed by atoms with van der Waals surface area (Å²) < 4.78 is 17.8. The van der Waals surface area contributed by atoms with Crippen molar-refractivity contribution in [2.45, 2.75) is 26.2 Å².